The number of nitrogens with one attached hydrogen (secondary N) is 1. The Morgan fingerprint density at radius 3 is 2.91 bits per heavy atom. The summed E-state index contributed by atoms with van der Waals surface area (Å²) in [6.45, 7) is 4.87. The van der Waals surface area contributed by atoms with Crippen LogP contribution in [-0.2, 0) is 17.9 Å². The standard InChI is InChI=1S/C17H20N4O2/c1-11(2)23-10-12-5-3-7-14-16(12)20-15(19-14)9-21-8-4-6-13(18)17(21)22/h3-8,11H,9-10,18H2,1-2H3,(H,19,20). The lowest BCUT2D eigenvalue weighted by Crippen LogP contribution is -2.22. The van der Waals surface area contributed by atoms with E-state index >= 15 is 0 Å². The first-order chi connectivity index (χ1) is 11.0. The zero-order chi connectivity index (χ0) is 16.4. The Morgan fingerprint density at radius 1 is 1.30 bits per heavy atom. The molecule has 0 atom stereocenters. The Balaban J connectivity index is 1.92. The highest BCUT2D eigenvalue weighted by Gasteiger charge is 2.09. The average molecular weight is 312 g/mol. The molecule has 0 aliphatic rings. The molecular formula is C17H20N4O2. The zero-order valence-electron chi connectivity index (χ0n) is 13.2. The predicted molar refractivity (Wildman–Crippen MR) is 90.2 cm³/mol. The van der Waals surface area contributed by atoms with E-state index in [0.29, 0.717) is 19.0 Å². The van der Waals surface area contributed by atoms with E-state index in [4.69, 9.17) is 10.5 Å². The largest absolute Gasteiger partial charge is 0.394 e. The highest BCUT2D eigenvalue weighted by molar-refractivity contribution is 5.78. The van der Waals surface area contributed by atoms with Gasteiger partial charge in [-0.3, -0.25) is 4.79 Å². The number of rotatable bonds is 5. The van der Waals surface area contributed by atoms with Gasteiger partial charge in [-0.25, -0.2) is 4.98 Å². The number of nitrogens with two attached hydrogens (primary N) is 1. The van der Waals surface area contributed by atoms with Crippen LogP contribution in [0, 0.1) is 0 Å². The van der Waals surface area contributed by atoms with E-state index in [1.165, 1.54) is 4.57 Å². The van der Waals surface area contributed by atoms with Crippen LogP contribution < -0.4 is 11.3 Å². The van der Waals surface area contributed by atoms with Gasteiger partial charge in [0.15, 0.2) is 0 Å². The third-order valence-corrected chi connectivity index (χ3v) is 3.59. The van der Waals surface area contributed by atoms with E-state index in [0.717, 1.165) is 16.6 Å². The van der Waals surface area contributed by atoms with Crippen LogP contribution in [0.4, 0.5) is 5.69 Å². The molecule has 0 spiro atoms. The molecule has 2 aromatic heterocycles. The fourth-order valence-corrected chi connectivity index (χ4v) is 2.43. The van der Waals surface area contributed by atoms with Crippen LogP contribution in [0.15, 0.2) is 41.3 Å². The number of aromatic amines is 1. The molecule has 0 aliphatic carbocycles. The van der Waals surface area contributed by atoms with Gasteiger partial charge in [-0.15, -0.1) is 0 Å². The van der Waals surface area contributed by atoms with Gasteiger partial charge in [0, 0.05) is 11.8 Å². The lowest BCUT2D eigenvalue weighted by Gasteiger charge is -2.07. The van der Waals surface area contributed by atoms with Crippen LogP contribution >= 0.6 is 0 Å². The number of ether oxygens (including phenoxy) is 1. The third kappa shape index (κ3) is 3.27. The Bertz CT molecular complexity index is 880. The average Bonchev–Trinajstić information content (AvgIpc) is 2.92. The van der Waals surface area contributed by atoms with Gasteiger partial charge in [-0.05, 0) is 32.0 Å². The van der Waals surface area contributed by atoms with E-state index < -0.39 is 0 Å². The maximum absolute atomic E-state index is 12.0. The van der Waals surface area contributed by atoms with Crippen LogP contribution in [0.2, 0.25) is 0 Å². The second-order valence-corrected chi connectivity index (χ2v) is 5.75. The van der Waals surface area contributed by atoms with Crippen molar-refractivity contribution in [2.24, 2.45) is 0 Å². The minimum Gasteiger partial charge on any atom is -0.394 e. The predicted octanol–water partition coefficient (Wildman–Crippen LogP) is 2.28. The summed E-state index contributed by atoms with van der Waals surface area (Å²) in [5.41, 5.74) is 8.51. The summed E-state index contributed by atoms with van der Waals surface area (Å²) in [5, 5.41) is 0. The van der Waals surface area contributed by atoms with Gasteiger partial charge in [-0.1, -0.05) is 12.1 Å². The zero-order valence-corrected chi connectivity index (χ0v) is 13.2. The monoisotopic (exact) mass is 312 g/mol. The minimum atomic E-state index is -0.212. The van der Waals surface area contributed by atoms with E-state index in [9.17, 15) is 4.79 Å². The molecule has 3 rings (SSSR count). The Morgan fingerprint density at radius 2 is 2.13 bits per heavy atom. The molecule has 6 nitrogen and oxygen atoms in total. The lowest BCUT2D eigenvalue weighted by molar-refractivity contribution is 0.0663. The summed E-state index contributed by atoms with van der Waals surface area (Å²) in [4.78, 5) is 19.9. The normalized spacial score (nSPS) is 11.4. The van der Waals surface area contributed by atoms with Crippen molar-refractivity contribution in [3.63, 3.8) is 0 Å². The molecule has 0 saturated carbocycles. The first-order valence-corrected chi connectivity index (χ1v) is 7.57. The van der Waals surface area contributed by atoms with Crippen molar-refractivity contribution < 1.29 is 4.74 Å². The van der Waals surface area contributed by atoms with Gasteiger partial charge in [0.05, 0.1) is 36.0 Å². The molecule has 0 amide bonds. The number of H-pyrrole nitrogens is 1. The Labute approximate surface area is 133 Å². The van der Waals surface area contributed by atoms with Crippen molar-refractivity contribution in [1.29, 1.82) is 0 Å². The number of hydrogen-bond acceptors (Lipinski definition) is 4. The van der Waals surface area contributed by atoms with Gasteiger partial charge >= 0.3 is 0 Å². The molecular weight excluding hydrogens is 292 g/mol. The number of fused-ring (bicyclic) bond motifs is 1. The third-order valence-electron chi connectivity index (χ3n) is 3.59. The molecule has 0 unspecified atom stereocenters. The first kappa shape index (κ1) is 15.3. The molecule has 6 heteroatoms. The molecule has 3 N–H and O–H groups in total. The number of aromatic nitrogens is 3. The molecule has 0 aliphatic heterocycles. The maximum atomic E-state index is 12.0. The fourth-order valence-electron chi connectivity index (χ4n) is 2.43. The van der Waals surface area contributed by atoms with Gasteiger partial charge in [0.2, 0.25) is 0 Å². The molecule has 1 aromatic carbocycles. The van der Waals surface area contributed by atoms with Crippen molar-refractivity contribution >= 4 is 16.7 Å². The summed E-state index contributed by atoms with van der Waals surface area (Å²) in [6, 6.07) is 9.28. The first-order valence-electron chi connectivity index (χ1n) is 7.57. The summed E-state index contributed by atoms with van der Waals surface area (Å²) in [7, 11) is 0. The molecule has 0 saturated heterocycles. The van der Waals surface area contributed by atoms with Crippen LogP contribution in [0.25, 0.3) is 11.0 Å². The van der Waals surface area contributed by atoms with Crippen LogP contribution in [-0.4, -0.2) is 20.6 Å². The number of para-hydroxylation sites is 1. The SMILES string of the molecule is CC(C)OCc1cccc2[nH]c(Cn3cccc(N)c3=O)nc12. The number of benzene rings is 1. The van der Waals surface area contributed by atoms with Crippen LogP contribution in [0.3, 0.4) is 0 Å². The number of imidazole rings is 1. The molecule has 0 radical (unpaired) electrons. The van der Waals surface area contributed by atoms with Gasteiger partial charge < -0.3 is 20.0 Å². The van der Waals surface area contributed by atoms with E-state index in [1.807, 2.05) is 32.0 Å². The Hall–Kier alpha value is -2.60. The summed E-state index contributed by atoms with van der Waals surface area (Å²) < 4.78 is 7.21. The number of pyridine rings is 1. The molecule has 2 heterocycles. The highest BCUT2D eigenvalue weighted by Crippen LogP contribution is 2.18. The van der Waals surface area contributed by atoms with Crippen LogP contribution in [0.1, 0.15) is 25.2 Å². The molecule has 23 heavy (non-hydrogen) atoms. The number of nitrogen functional groups attached to an aromatic ring is 1. The molecule has 120 valence electrons. The topological polar surface area (TPSA) is 85.9 Å². The van der Waals surface area contributed by atoms with Gasteiger partial charge in [0.25, 0.3) is 5.56 Å². The Kier molecular flexibility index (Phi) is 4.16. The van der Waals surface area contributed by atoms with Crippen LogP contribution in [0.5, 0.6) is 0 Å². The van der Waals surface area contributed by atoms with Crippen molar-refractivity contribution in [1.82, 2.24) is 14.5 Å². The number of nitrogens with zero attached hydrogens (tertiary/aromatic N) is 2. The maximum Gasteiger partial charge on any atom is 0.274 e. The second kappa shape index (κ2) is 6.26. The summed E-state index contributed by atoms with van der Waals surface area (Å²) in [6.07, 6.45) is 1.86. The number of anilines is 1. The van der Waals surface area contributed by atoms with Gasteiger partial charge in [-0.2, -0.15) is 0 Å². The minimum absolute atomic E-state index is 0.162. The van der Waals surface area contributed by atoms with E-state index in [-0.39, 0.29) is 17.4 Å². The van der Waals surface area contributed by atoms with E-state index in [1.54, 1.807) is 18.3 Å². The molecule has 0 fully saturated rings. The van der Waals surface area contributed by atoms with Crippen molar-refractivity contribution in [3.8, 4) is 0 Å². The fraction of sp³-hybridized carbons (Fsp3) is 0.294. The molecule has 3 aromatic rings. The quantitative estimate of drug-likeness (QED) is 0.757. The van der Waals surface area contributed by atoms with Crippen molar-refractivity contribution in [2.45, 2.75) is 33.1 Å². The summed E-state index contributed by atoms with van der Waals surface area (Å²) in [5.74, 6) is 0.713. The van der Waals surface area contributed by atoms with Crippen molar-refractivity contribution in [3.05, 3.63) is 58.3 Å². The molecule has 0 bridgehead atoms. The smallest absolute Gasteiger partial charge is 0.274 e. The summed E-state index contributed by atoms with van der Waals surface area (Å²) >= 11 is 0. The van der Waals surface area contributed by atoms with Gasteiger partial charge in [0.1, 0.15) is 5.82 Å². The van der Waals surface area contributed by atoms with Crippen molar-refractivity contribution in [2.75, 3.05) is 5.73 Å². The number of hydrogen-bond donors (Lipinski definition) is 2. The second-order valence-electron chi connectivity index (χ2n) is 5.75. The lowest BCUT2D eigenvalue weighted by atomic mass is 10.2. The highest BCUT2D eigenvalue weighted by atomic mass is 16.5. The van der Waals surface area contributed by atoms with E-state index in [2.05, 4.69) is 9.97 Å².